The Labute approximate surface area is 169 Å². The van der Waals surface area contributed by atoms with Gasteiger partial charge in [-0.3, -0.25) is 9.48 Å². The lowest BCUT2D eigenvalue weighted by Gasteiger charge is -2.44. The lowest BCUT2D eigenvalue weighted by Crippen LogP contribution is -2.51. The molecule has 1 saturated carbocycles. The Morgan fingerprint density at radius 3 is 2.76 bits per heavy atom. The van der Waals surface area contributed by atoms with Crippen LogP contribution in [0.2, 0.25) is 0 Å². The van der Waals surface area contributed by atoms with E-state index in [4.69, 9.17) is 10.5 Å². The molecule has 5 rings (SSSR count). The molecule has 2 fully saturated rings. The Hall–Kier alpha value is -2.61. The van der Waals surface area contributed by atoms with Crippen LogP contribution in [0.25, 0.3) is 0 Å². The molecule has 154 valence electrons. The zero-order valence-electron chi connectivity index (χ0n) is 16.5. The van der Waals surface area contributed by atoms with Crippen LogP contribution in [0.5, 0.6) is 5.75 Å². The lowest BCUT2D eigenvalue weighted by molar-refractivity contribution is -0.0504. The van der Waals surface area contributed by atoms with Gasteiger partial charge in [0.1, 0.15) is 17.4 Å². The highest BCUT2D eigenvalue weighted by molar-refractivity contribution is 5.97. The number of pyridine rings is 1. The molecule has 8 nitrogen and oxygen atoms in total. The molecular weight excluding hydrogens is 370 g/mol. The smallest absolute Gasteiger partial charge is 0.274 e. The van der Waals surface area contributed by atoms with Gasteiger partial charge in [-0.2, -0.15) is 5.10 Å². The van der Waals surface area contributed by atoms with Gasteiger partial charge >= 0.3 is 0 Å². The van der Waals surface area contributed by atoms with Crippen molar-refractivity contribution >= 4 is 11.6 Å². The first-order valence-corrected chi connectivity index (χ1v) is 10.5. The highest BCUT2D eigenvalue weighted by Gasteiger charge is 2.45. The number of aromatic nitrogens is 3. The number of ether oxygens (including phenoxy) is 1. The quantitative estimate of drug-likeness (QED) is 0.806. The maximum Gasteiger partial charge on any atom is 0.274 e. The highest BCUT2D eigenvalue weighted by atomic mass is 16.5. The Morgan fingerprint density at radius 1 is 1.28 bits per heavy atom. The average Bonchev–Trinajstić information content (AvgIpc) is 3.38. The van der Waals surface area contributed by atoms with E-state index in [9.17, 15) is 9.90 Å². The molecule has 1 atom stereocenters. The second-order valence-electron chi connectivity index (χ2n) is 8.54. The fourth-order valence-corrected chi connectivity index (χ4v) is 4.95. The molecule has 2 aromatic heterocycles. The zero-order valence-corrected chi connectivity index (χ0v) is 16.5. The first-order chi connectivity index (χ1) is 14.0. The maximum absolute atomic E-state index is 12.8. The third-order valence-corrected chi connectivity index (χ3v) is 6.63. The molecule has 1 aliphatic carbocycles. The minimum Gasteiger partial charge on any atom is -0.483 e. The van der Waals surface area contributed by atoms with Crippen molar-refractivity contribution in [3.8, 4) is 5.75 Å². The maximum atomic E-state index is 12.8. The fourth-order valence-electron chi connectivity index (χ4n) is 4.95. The second-order valence-corrected chi connectivity index (χ2v) is 8.54. The van der Waals surface area contributed by atoms with Gasteiger partial charge in [0.05, 0.1) is 17.9 Å². The zero-order chi connectivity index (χ0) is 20.0. The van der Waals surface area contributed by atoms with Gasteiger partial charge in [-0.15, -0.1) is 0 Å². The normalized spacial score (nSPS) is 23.8. The van der Waals surface area contributed by atoms with Crippen molar-refractivity contribution in [3.63, 3.8) is 0 Å². The van der Waals surface area contributed by atoms with E-state index in [1.54, 1.807) is 23.2 Å². The number of fused-ring (bicyclic) bond motifs is 1. The van der Waals surface area contributed by atoms with Crippen LogP contribution in [0.3, 0.4) is 0 Å². The van der Waals surface area contributed by atoms with Crippen molar-refractivity contribution in [2.75, 3.05) is 18.8 Å². The van der Waals surface area contributed by atoms with Crippen molar-refractivity contribution in [1.82, 2.24) is 19.7 Å². The molecule has 1 unspecified atom stereocenters. The number of likely N-dealkylation sites (tertiary alicyclic amines) is 1. The summed E-state index contributed by atoms with van der Waals surface area (Å²) in [4.78, 5) is 18.7. The van der Waals surface area contributed by atoms with Crippen LogP contribution < -0.4 is 10.5 Å². The molecule has 0 bridgehead atoms. The van der Waals surface area contributed by atoms with E-state index in [2.05, 4.69) is 10.1 Å². The molecule has 2 aromatic rings. The number of rotatable bonds is 2. The van der Waals surface area contributed by atoms with E-state index in [0.717, 1.165) is 12.8 Å². The van der Waals surface area contributed by atoms with E-state index < -0.39 is 11.7 Å². The van der Waals surface area contributed by atoms with Crippen LogP contribution in [0.4, 0.5) is 5.69 Å². The molecular formula is C21H27N5O3. The predicted molar refractivity (Wildman–Crippen MR) is 106 cm³/mol. The summed E-state index contributed by atoms with van der Waals surface area (Å²) in [6.45, 7) is 1.10. The molecule has 2 aliphatic heterocycles. The fraction of sp³-hybridized carbons (Fsp3) is 0.571. The van der Waals surface area contributed by atoms with Gasteiger partial charge in [0.2, 0.25) is 0 Å². The van der Waals surface area contributed by atoms with Gasteiger partial charge in [-0.05, 0) is 25.0 Å². The number of piperidine rings is 1. The van der Waals surface area contributed by atoms with E-state index in [0.29, 0.717) is 61.2 Å². The Bertz CT molecular complexity index is 913. The molecule has 0 aromatic carbocycles. The third kappa shape index (κ3) is 3.25. The third-order valence-electron chi connectivity index (χ3n) is 6.63. The van der Waals surface area contributed by atoms with E-state index in [-0.39, 0.29) is 5.91 Å². The van der Waals surface area contributed by atoms with Crippen molar-refractivity contribution in [2.24, 2.45) is 0 Å². The van der Waals surface area contributed by atoms with Crippen molar-refractivity contribution in [2.45, 2.75) is 62.7 Å². The number of amides is 1. The highest BCUT2D eigenvalue weighted by Crippen LogP contribution is 2.45. The number of carbonyl (C=O) groups excluding carboxylic acids is 1. The van der Waals surface area contributed by atoms with Gasteiger partial charge in [0, 0.05) is 38.5 Å². The number of hydrogen-bond acceptors (Lipinski definition) is 6. The number of aliphatic hydroxyl groups excluding tert-OH is 1. The summed E-state index contributed by atoms with van der Waals surface area (Å²) in [5.74, 6) is 0.549. The van der Waals surface area contributed by atoms with E-state index in [1.807, 2.05) is 10.9 Å². The SMILES string of the molecule is Nc1cccnc1C(=O)N1CCC2(CC1)CC(O)c1nn(C3CCCC3)cc1O2. The Kier molecular flexibility index (Phi) is 4.46. The lowest BCUT2D eigenvalue weighted by atomic mass is 9.83. The molecule has 29 heavy (non-hydrogen) atoms. The Balaban J connectivity index is 1.30. The molecule has 1 spiro atoms. The summed E-state index contributed by atoms with van der Waals surface area (Å²) in [5.41, 5.74) is 6.81. The minimum absolute atomic E-state index is 0.149. The molecule has 4 heterocycles. The summed E-state index contributed by atoms with van der Waals surface area (Å²) in [7, 11) is 0. The van der Waals surface area contributed by atoms with Crippen LogP contribution in [0, 0.1) is 0 Å². The largest absolute Gasteiger partial charge is 0.483 e. The van der Waals surface area contributed by atoms with Gasteiger partial charge in [-0.25, -0.2) is 4.98 Å². The first-order valence-electron chi connectivity index (χ1n) is 10.5. The summed E-state index contributed by atoms with van der Waals surface area (Å²) >= 11 is 0. The summed E-state index contributed by atoms with van der Waals surface area (Å²) < 4.78 is 8.40. The van der Waals surface area contributed by atoms with Crippen molar-refractivity contribution < 1.29 is 14.6 Å². The van der Waals surface area contributed by atoms with Gasteiger partial charge in [0.15, 0.2) is 11.4 Å². The topological polar surface area (TPSA) is 107 Å². The summed E-state index contributed by atoms with van der Waals surface area (Å²) in [5, 5.41) is 15.4. The van der Waals surface area contributed by atoms with Crippen molar-refractivity contribution in [3.05, 3.63) is 35.9 Å². The summed E-state index contributed by atoms with van der Waals surface area (Å²) in [6, 6.07) is 3.82. The number of carbonyl (C=O) groups is 1. The van der Waals surface area contributed by atoms with Crippen LogP contribution in [-0.2, 0) is 0 Å². The predicted octanol–water partition coefficient (Wildman–Crippen LogP) is 2.47. The van der Waals surface area contributed by atoms with E-state index >= 15 is 0 Å². The van der Waals surface area contributed by atoms with Gasteiger partial charge in [0.25, 0.3) is 5.91 Å². The number of nitrogens with zero attached hydrogens (tertiary/aromatic N) is 4. The van der Waals surface area contributed by atoms with Crippen molar-refractivity contribution in [1.29, 1.82) is 0 Å². The van der Waals surface area contributed by atoms with Crippen LogP contribution >= 0.6 is 0 Å². The molecule has 3 aliphatic rings. The number of nitrogens with two attached hydrogens (primary N) is 1. The number of hydrogen-bond donors (Lipinski definition) is 2. The monoisotopic (exact) mass is 397 g/mol. The number of nitrogen functional groups attached to an aromatic ring is 1. The standard InChI is InChI=1S/C21H27N5O3/c22-15-6-3-9-23-18(15)20(28)25-10-7-21(8-11-25)12-16(27)19-17(29-21)13-26(24-19)14-4-1-2-5-14/h3,6,9,13-14,16,27H,1-2,4-5,7-8,10-12,22H2. The number of anilines is 1. The second kappa shape index (κ2) is 7.02. The average molecular weight is 397 g/mol. The van der Waals surface area contributed by atoms with Crippen LogP contribution in [-0.4, -0.2) is 49.4 Å². The van der Waals surface area contributed by atoms with Crippen LogP contribution in [0.15, 0.2) is 24.5 Å². The minimum atomic E-state index is -0.630. The number of aliphatic hydroxyl groups is 1. The molecule has 1 amide bonds. The van der Waals surface area contributed by atoms with Crippen LogP contribution in [0.1, 0.15) is 73.3 Å². The first kappa shape index (κ1) is 18.4. The molecule has 0 radical (unpaired) electrons. The summed E-state index contributed by atoms with van der Waals surface area (Å²) in [6.07, 6.45) is 9.48. The van der Waals surface area contributed by atoms with E-state index in [1.165, 1.54) is 12.8 Å². The molecule has 8 heteroatoms. The van der Waals surface area contributed by atoms with Gasteiger partial charge < -0.3 is 20.5 Å². The van der Waals surface area contributed by atoms with Gasteiger partial charge in [-0.1, -0.05) is 12.8 Å². The Morgan fingerprint density at radius 2 is 2.03 bits per heavy atom. The molecule has 3 N–H and O–H groups in total. The molecule has 1 saturated heterocycles.